The van der Waals surface area contributed by atoms with Gasteiger partial charge in [-0.25, -0.2) is 4.79 Å². The average molecular weight is 359 g/mol. The van der Waals surface area contributed by atoms with Crippen LogP contribution in [0, 0.1) is 0 Å². The Balaban J connectivity index is 1.92. The van der Waals surface area contributed by atoms with Gasteiger partial charge in [-0.1, -0.05) is 6.58 Å². The molecule has 6 nitrogen and oxygen atoms in total. The van der Waals surface area contributed by atoms with Crippen molar-refractivity contribution in [2.75, 3.05) is 27.3 Å². The molecule has 1 aromatic carbocycles. The van der Waals surface area contributed by atoms with E-state index >= 15 is 0 Å². The molecule has 0 aliphatic carbocycles. The van der Waals surface area contributed by atoms with Crippen LogP contribution in [0.15, 0.2) is 36.4 Å². The van der Waals surface area contributed by atoms with Gasteiger partial charge >= 0.3 is 5.97 Å². The number of nitrogens with zero attached hydrogens (tertiary/aromatic N) is 1. The first-order chi connectivity index (χ1) is 12.4. The highest BCUT2D eigenvalue weighted by Gasteiger charge is 2.24. The number of hydrogen-bond donors (Lipinski definition) is 0. The second-order valence-corrected chi connectivity index (χ2v) is 6.19. The summed E-state index contributed by atoms with van der Waals surface area (Å²) in [5, 5.41) is 0. The highest BCUT2D eigenvalue weighted by atomic mass is 16.5. The van der Waals surface area contributed by atoms with Crippen LogP contribution in [0.1, 0.15) is 25.3 Å². The van der Waals surface area contributed by atoms with Gasteiger partial charge in [0.1, 0.15) is 17.6 Å². The zero-order chi connectivity index (χ0) is 19.1. The van der Waals surface area contributed by atoms with E-state index in [1.54, 1.807) is 38.2 Å². The average Bonchev–Trinajstić information content (AvgIpc) is 2.66. The van der Waals surface area contributed by atoms with Gasteiger partial charge in [0, 0.05) is 43.6 Å². The van der Waals surface area contributed by atoms with Crippen LogP contribution in [0.3, 0.4) is 0 Å². The number of ether oxygens (including phenoxy) is 3. The molecule has 0 radical (unpaired) electrons. The Hall–Kier alpha value is -2.76. The first kappa shape index (κ1) is 19.6. The highest BCUT2D eigenvalue weighted by Crippen LogP contribution is 2.23. The van der Waals surface area contributed by atoms with Gasteiger partial charge in [0.25, 0.3) is 0 Å². The zero-order valence-corrected chi connectivity index (χ0v) is 15.5. The summed E-state index contributed by atoms with van der Waals surface area (Å²) in [6.45, 7) is 6.31. The number of methoxy groups -OCH3 is 2. The normalized spacial score (nSPS) is 15.0. The lowest BCUT2D eigenvalue weighted by atomic mass is 10.1. The molecule has 26 heavy (non-hydrogen) atoms. The maximum atomic E-state index is 12.4. The molecular weight excluding hydrogens is 334 g/mol. The van der Waals surface area contributed by atoms with Gasteiger partial charge in [-0.15, -0.1) is 0 Å². The highest BCUT2D eigenvalue weighted by molar-refractivity contribution is 5.92. The Morgan fingerprint density at radius 3 is 2.19 bits per heavy atom. The molecule has 1 saturated heterocycles. The van der Waals surface area contributed by atoms with E-state index in [2.05, 4.69) is 6.58 Å². The summed E-state index contributed by atoms with van der Waals surface area (Å²) in [6.07, 6.45) is 4.38. The van der Waals surface area contributed by atoms with E-state index < -0.39 is 0 Å². The van der Waals surface area contributed by atoms with Crippen molar-refractivity contribution < 1.29 is 23.8 Å². The molecule has 0 bridgehead atoms. The van der Waals surface area contributed by atoms with Crippen LogP contribution < -0.4 is 9.47 Å². The van der Waals surface area contributed by atoms with Gasteiger partial charge in [0.15, 0.2) is 0 Å². The Morgan fingerprint density at radius 1 is 1.12 bits per heavy atom. The number of rotatable bonds is 6. The van der Waals surface area contributed by atoms with Crippen molar-refractivity contribution in [1.82, 2.24) is 4.90 Å². The van der Waals surface area contributed by atoms with E-state index in [1.165, 1.54) is 6.08 Å². The van der Waals surface area contributed by atoms with Crippen LogP contribution >= 0.6 is 0 Å². The van der Waals surface area contributed by atoms with Crippen LogP contribution in [0.25, 0.3) is 6.08 Å². The SMILES string of the molecule is C=C(C)C(=O)OC1CCN(C(=O)/C=C/c2cc(OC)cc(OC)c2)CC1. The van der Waals surface area contributed by atoms with Crippen LogP contribution in [0.5, 0.6) is 11.5 Å². The van der Waals surface area contributed by atoms with Crippen molar-refractivity contribution in [2.45, 2.75) is 25.9 Å². The van der Waals surface area contributed by atoms with E-state index in [1.807, 2.05) is 12.1 Å². The number of esters is 1. The molecule has 0 N–H and O–H groups in total. The summed E-state index contributed by atoms with van der Waals surface area (Å²) in [4.78, 5) is 25.7. The van der Waals surface area contributed by atoms with Gasteiger partial charge in [-0.2, -0.15) is 0 Å². The molecule has 6 heteroatoms. The predicted molar refractivity (Wildman–Crippen MR) is 99.1 cm³/mol. The van der Waals surface area contributed by atoms with Gasteiger partial charge in [0.05, 0.1) is 14.2 Å². The molecule has 1 aliphatic heterocycles. The molecule has 1 heterocycles. The Bertz CT molecular complexity index is 680. The third-order valence-corrected chi connectivity index (χ3v) is 4.17. The fourth-order valence-corrected chi connectivity index (χ4v) is 2.64. The maximum absolute atomic E-state index is 12.4. The summed E-state index contributed by atoms with van der Waals surface area (Å²) in [5.74, 6) is 0.881. The number of hydrogen-bond acceptors (Lipinski definition) is 5. The minimum atomic E-state index is -0.373. The fraction of sp³-hybridized carbons (Fsp3) is 0.400. The molecule has 0 unspecified atom stereocenters. The number of carbonyl (C=O) groups excluding carboxylic acids is 2. The predicted octanol–water partition coefficient (Wildman–Crippen LogP) is 2.83. The first-order valence-corrected chi connectivity index (χ1v) is 8.49. The number of carbonyl (C=O) groups is 2. The smallest absolute Gasteiger partial charge is 0.333 e. The molecule has 0 atom stereocenters. The Kier molecular flexibility index (Phi) is 6.83. The summed E-state index contributed by atoms with van der Waals surface area (Å²) < 4.78 is 15.8. The minimum absolute atomic E-state index is 0.0727. The third-order valence-electron chi connectivity index (χ3n) is 4.17. The zero-order valence-electron chi connectivity index (χ0n) is 15.5. The van der Waals surface area contributed by atoms with Crippen LogP contribution in [0.2, 0.25) is 0 Å². The standard InChI is InChI=1S/C20H25NO5/c1-14(2)20(23)26-16-7-9-21(10-8-16)19(22)6-5-15-11-17(24-3)13-18(12-15)25-4/h5-6,11-13,16H,1,7-10H2,2-4H3/b6-5+. The molecule has 0 saturated carbocycles. The van der Waals surface area contributed by atoms with Crippen molar-refractivity contribution >= 4 is 18.0 Å². The first-order valence-electron chi connectivity index (χ1n) is 8.49. The van der Waals surface area contributed by atoms with Gasteiger partial charge < -0.3 is 19.1 Å². The van der Waals surface area contributed by atoms with Crippen molar-refractivity contribution in [3.05, 3.63) is 42.0 Å². The van der Waals surface area contributed by atoms with Crippen molar-refractivity contribution in [3.63, 3.8) is 0 Å². The van der Waals surface area contributed by atoms with E-state index in [0.717, 1.165) is 5.56 Å². The van der Waals surface area contributed by atoms with Crippen LogP contribution in [-0.2, 0) is 14.3 Å². The monoisotopic (exact) mass is 359 g/mol. The molecule has 1 fully saturated rings. The molecule has 0 spiro atoms. The summed E-state index contributed by atoms with van der Waals surface area (Å²) >= 11 is 0. The van der Waals surface area contributed by atoms with E-state index in [9.17, 15) is 9.59 Å². The maximum Gasteiger partial charge on any atom is 0.333 e. The summed E-state index contributed by atoms with van der Waals surface area (Å²) in [5.41, 5.74) is 1.21. The molecule has 140 valence electrons. The molecular formula is C20H25NO5. The largest absolute Gasteiger partial charge is 0.497 e. The number of piperidine rings is 1. The van der Waals surface area contributed by atoms with Crippen LogP contribution in [0.4, 0.5) is 0 Å². The van der Waals surface area contributed by atoms with Crippen LogP contribution in [-0.4, -0.2) is 50.2 Å². The third kappa shape index (κ3) is 5.37. The van der Waals surface area contributed by atoms with Gasteiger partial charge in [-0.3, -0.25) is 4.79 Å². The Morgan fingerprint density at radius 2 is 1.69 bits per heavy atom. The number of likely N-dealkylation sites (tertiary alicyclic amines) is 1. The van der Waals surface area contributed by atoms with Crippen molar-refractivity contribution in [3.8, 4) is 11.5 Å². The van der Waals surface area contributed by atoms with E-state index in [-0.39, 0.29) is 18.0 Å². The van der Waals surface area contributed by atoms with E-state index in [0.29, 0.717) is 43.0 Å². The summed E-state index contributed by atoms with van der Waals surface area (Å²) in [6, 6.07) is 5.43. The number of amides is 1. The second kappa shape index (κ2) is 9.08. The summed E-state index contributed by atoms with van der Waals surface area (Å²) in [7, 11) is 3.16. The fourth-order valence-electron chi connectivity index (χ4n) is 2.64. The lowest BCUT2D eigenvalue weighted by Crippen LogP contribution is -2.40. The van der Waals surface area contributed by atoms with Gasteiger partial charge in [0.2, 0.25) is 5.91 Å². The minimum Gasteiger partial charge on any atom is -0.497 e. The molecule has 2 rings (SSSR count). The van der Waals surface area contributed by atoms with Crippen molar-refractivity contribution in [2.24, 2.45) is 0 Å². The number of benzene rings is 1. The molecule has 1 aromatic rings. The van der Waals surface area contributed by atoms with Gasteiger partial charge in [-0.05, 0) is 30.7 Å². The van der Waals surface area contributed by atoms with E-state index in [4.69, 9.17) is 14.2 Å². The molecule has 0 aromatic heterocycles. The second-order valence-electron chi connectivity index (χ2n) is 6.19. The quantitative estimate of drug-likeness (QED) is 0.577. The lowest BCUT2D eigenvalue weighted by molar-refractivity contribution is -0.147. The topological polar surface area (TPSA) is 65.1 Å². The molecule has 1 aliphatic rings. The lowest BCUT2D eigenvalue weighted by Gasteiger charge is -2.31. The molecule has 1 amide bonds. The Labute approximate surface area is 154 Å². The van der Waals surface area contributed by atoms with Crippen molar-refractivity contribution in [1.29, 1.82) is 0 Å².